The Morgan fingerprint density at radius 2 is 2.18 bits per heavy atom. The highest BCUT2D eigenvalue weighted by Gasteiger charge is 2.17. The molecule has 0 atom stereocenters. The molecule has 0 unspecified atom stereocenters. The lowest BCUT2D eigenvalue weighted by atomic mass is 10.3. The summed E-state index contributed by atoms with van der Waals surface area (Å²) >= 11 is 0. The minimum absolute atomic E-state index is 0.132. The minimum Gasteiger partial charge on any atom is -0.459 e. The molecular formula is C16H14N4O2. The summed E-state index contributed by atoms with van der Waals surface area (Å²) in [6, 6.07) is 5.70. The SMILES string of the molecule is Cc1cc2c(o1)c1cnn(Cc3cccnc3)c(=O)c1n2C. The first-order valence-electron chi connectivity index (χ1n) is 6.98. The number of aromatic nitrogens is 4. The predicted octanol–water partition coefficient (Wildman–Crippen LogP) is 2.23. The van der Waals surface area contributed by atoms with Crippen LogP contribution in [0.25, 0.3) is 22.0 Å². The van der Waals surface area contributed by atoms with E-state index >= 15 is 0 Å². The lowest BCUT2D eigenvalue weighted by Crippen LogP contribution is -2.24. The van der Waals surface area contributed by atoms with Crippen LogP contribution in [0.2, 0.25) is 0 Å². The Kier molecular flexibility index (Phi) is 2.66. The van der Waals surface area contributed by atoms with Gasteiger partial charge in [0, 0.05) is 25.5 Å². The molecule has 6 heteroatoms. The van der Waals surface area contributed by atoms with Gasteiger partial charge in [0.05, 0.1) is 23.6 Å². The molecule has 0 aromatic carbocycles. The van der Waals surface area contributed by atoms with Crippen LogP contribution in [0.15, 0.2) is 46.0 Å². The van der Waals surface area contributed by atoms with Crippen LogP contribution in [0.4, 0.5) is 0 Å². The van der Waals surface area contributed by atoms with Crippen molar-refractivity contribution in [2.45, 2.75) is 13.5 Å². The highest BCUT2D eigenvalue weighted by atomic mass is 16.3. The molecule has 6 nitrogen and oxygen atoms in total. The third-order valence-corrected chi connectivity index (χ3v) is 3.85. The van der Waals surface area contributed by atoms with Crippen LogP contribution in [-0.4, -0.2) is 19.3 Å². The van der Waals surface area contributed by atoms with E-state index < -0.39 is 0 Å². The van der Waals surface area contributed by atoms with Crippen LogP contribution in [-0.2, 0) is 13.6 Å². The Morgan fingerprint density at radius 1 is 1.32 bits per heavy atom. The van der Waals surface area contributed by atoms with Gasteiger partial charge < -0.3 is 8.98 Å². The van der Waals surface area contributed by atoms with Crippen molar-refractivity contribution in [2.24, 2.45) is 7.05 Å². The van der Waals surface area contributed by atoms with Crippen LogP contribution in [0.5, 0.6) is 0 Å². The van der Waals surface area contributed by atoms with Gasteiger partial charge >= 0.3 is 0 Å². The molecule has 0 amide bonds. The first-order chi connectivity index (χ1) is 10.6. The molecule has 0 radical (unpaired) electrons. The molecule has 0 spiro atoms. The number of hydrogen-bond donors (Lipinski definition) is 0. The van der Waals surface area contributed by atoms with Gasteiger partial charge in [-0.05, 0) is 18.6 Å². The van der Waals surface area contributed by atoms with Crippen molar-refractivity contribution in [3.8, 4) is 0 Å². The topological polar surface area (TPSA) is 65.8 Å². The van der Waals surface area contributed by atoms with Crippen molar-refractivity contribution >= 4 is 22.0 Å². The summed E-state index contributed by atoms with van der Waals surface area (Å²) in [4.78, 5) is 16.8. The first-order valence-corrected chi connectivity index (χ1v) is 6.98. The van der Waals surface area contributed by atoms with Crippen LogP contribution >= 0.6 is 0 Å². The standard InChI is InChI=1S/C16H14N4O2/c1-10-6-13-15(22-10)12-8-18-20(16(21)14(12)19(13)2)9-11-4-3-5-17-7-11/h3-8H,9H2,1-2H3. The molecule has 0 saturated heterocycles. The smallest absolute Gasteiger partial charge is 0.291 e. The third kappa shape index (κ3) is 1.77. The lowest BCUT2D eigenvalue weighted by molar-refractivity contribution is 0.581. The summed E-state index contributed by atoms with van der Waals surface area (Å²) in [5, 5.41) is 5.03. The zero-order valence-electron chi connectivity index (χ0n) is 12.3. The molecule has 4 aromatic heterocycles. The summed E-state index contributed by atoms with van der Waals surface area (Å²) in [6.45, 7) is 2.29. The van der Waals surface area contributed by atoms with E-state index in [4.69, 9.17) is 4.42 Å². The Bertz CT molecular complexity index is 1040. The summed E-state index contributed by atoms with van der Waals surface area (Å²) in [7, 11) is 1.87. The Morgan fingerprint density at radius 3 is 2.95 bits per heavy atom. The quantitative estimate of drug-likeness (QED) is 0.568. The lowest BCUT2D eigenvalue weighted by Gasteiger charge is -2.05. The van der Waals surface area contributed by atoms with Crippen molar-refractivity contribution in [3.63, 3.8) is 0 Å². The van der Waals surface area contributed by atoms with E-state index in [1.807, 2.05) is 36.7 Å². The van der Waals surface area contributed by atoms with E-state index in [9.17, 15) is 4.79 Å². The molecule has 0 fully saturated rings. The van der Waals surface area contributed by atoms with E-state index in [0.29, 0.717) is 17.6 Å². The second kappa shape index (κ2) is 4.56. The fourth-order valence-electron chi connectivity index (χ4n) is 2.81. The van der Waals surface area contributed by atoms with Gasteiger partial charge in [-0.3, -0.25) is 9.78 Å². The Hall–Kier alpha value is -2.89. The zero-order valence-corrected chi connectivity index (χ0v) is 12.3. The van der Waals surface area contributed by atoms with Gasteiger partial charge in [0.15, 0.2) is 5.58 Å². The molecule has 4 rings (SSSR count). The predicted molar refractivity (Wildman–Crippen MR) is 82.8 cm³/mol. The monoisotopic (exact) mass is 294 g/mol. The Balaban J connectivity index is 1.94. The number of furan rings is 1. The van der Waals surface area contributed by atoms with Crippen molar-refractivity contribution in [2.75, 3.05) is 0 Å². The van der Waals surface area contributed by atoms with Gasteiger partial charge in [0.2, 0.25) is 0 Å². The van der Waals surface area contributed by atoms with Gasteiger partial charge in [0.1, 0.15) is 11.3 Å². The highest BCUT2D eigenvalue weighted by Crippen LogP contribution is 2.28. The molecule has 0 aliphatic heterocycles. The zero-order chi connectivity index (χ0) is 15.3. The summed E-state index contributed by atoms with van der Waals surface area (Å²) in [5.74, 6) is 0.821. The number of aryl methyl sites for hydroxylation is 2. The number of rotatable bonds is 2. The van der Waals surface area contributed by atoms with Crippen LogP contribution in [0.1, 0.15) is 11.3 Å². The molecule has 0 aliphatic carbocycles. The first kappa shape index (κ1) is 12.8. The van der Waals surface area contributed by atoms with Crippen molar-refractivity contribution in [3.05, 3.63) is 58.5 Å². The third-order valence-electron chi connectivity index (χ3n) is 3.85. The van der Waals surface area contributed by atoms with Crippen LogP contribution < -0.4 is 5.56 Å². The fraction of sp³-hybridized carbons (Fsp3) is 0.188. The summed E-state index contributed by atoms with van der Waals surface area (Å²) in [6.07, 6.45) is 5.13. The molecule has 0 N–H and O–H groups in total. The molecule has 0 aliphatic rings. The van der Waals surface area contributed by atoms with E-state index in [1.54, 1.807) is 18.6 Å². The largest absolute Gasteiger partial charge is 0.459 e. The average Bonchev–Trinajstić information content (AvgIpc) is 3.01. The van der Waals surface area contributed by atoms with Gasteiger partial charge in [-0.2, -0.15) is 5.10 Å². The second-order valence-corrected chi connectivity index (χ2v) is 5.36. The molecular weight excluding hydrogens is 280 g/mol. The van der Waals surface area contributed by atoms with Crippen LogP contribution in [0.3, 0.4) is 0 Å². The number of fused-ring (bicyclic) bond motifs is 3. The average molecular weight is 294 g/mol. The summed E-state index contributed by atoms with van der Waals surface area (Å²) in [5.41, 5.74) is 3.03. The second-order valence-electron chi connectivity index (χ2n) is 5.36. The van der Waals surface area contributed by atoms with E-state index in [2.05, 4.69) is 10.1 Å². The highest BCUT2D eigenvalue weighted by molar-refractivity contribution is 6.04. The maximum atomic E-state index is 12.7. The van der Waals surface area contributed by atoms with Gasteiger partial charge in [-0.15, -0.1) is 0 Å². The normalized spacial score (nSPS) is 11.5. The Labute approximate surface area is 125 Å². The molecule has 110 valence electrons. The maximum absolute atomic E-state index is 12.7. The van der Waals surface area contributed by atoms with Gasteiger partial charge in [-0.1, -0.05) is 6.07 Å². The van der Waals surface area contributed by atoms with Crippen molar-refractivity contribution in [1.82, 2.24) is 19.3 Å². The molecule has 0 bridgehead atoms. The molecule has 4 aromatic rings. The van der Waals surface area contributed by atoms with E-state index in [-0.39, 0.29) is 5.56 Å². The van der Waals surface area contributed by atoms with Gasteiger partial charge in [-0.25, -0.2) is 4.68 Å². The molecule has 22 heavy (non-hydrogen) atoms. The number of hydrogen-bond acceptors (Lipinski definition) is 4. The number of pyridine rings is 1. The van der Waals surface area contributed by atoms with Crippen molar-refractivity contribution < 1.29 is 4.42 Å². The minimum atomic E-state index is -0.132. The van der Waals surface area contributed by atoms with E-state index in [1.165, 1.54) is 4.68 Å². The summed E-state index contributed by atoms with van der Waals surface area (Å²) < 4.78 is 9.01. The molecule has 0 saturated carbocycles. The molecule has 4 heterocycles. The van der Waals surface area contributed by atoms with Crippen LogP contribution in [0, 0.1) is 6.92 Å². The van der Waals surface area contributed by atoms with E-state index in [0.717, 1.165) is 22.2 Å². The maximum Gasteiger partial charge on any atom is 0.291 e. The van der Waals surface area contributed by atoms with Crippen molar-refractivity contribution in [1.29, 1.82) is 0 Å². The van der Waals surface area contributed by atoms with Gasteiger partial charge in [0.25, 0.3) is 5.56 Å². The number of nitrogens with zero attached hydrogens (tertiary/aromatic N) is 4. The fourth-order valence-corrected chi connectivity index (χ4v) is 2.81.